The smallest absolute Gasteiger partial charge is 0.307 e. The molecule has 0 heterocycles. The average molecular weight is 227 g/mol. The molecule has 0 aromatic heterocycles. The molecule has 1 aliphatic rings. The van der Waals surface area contributed by atoms with Crippen LogP contribution in [0.2, 0.25) is 0 Å². The van der Waals surface area contributed by atoms with Crippen LogP contribution in [0.5, 0.6) is 0 Å². The van der Waals surface area contributed by atoms with Crippen molar-refractivity contribution < 1.29 is 9.90 Å². The van der Waals surface area contributed by atoms with Gasteiger partial charge in [0.2, 0.25) is 0 Å². The van der Waals surface area contributed by atoms with Gasteiger partial charge in [-0.3, -0.25) is 4.79 Å². The third-order valence-corrected chi connectivity index (χ3v) is 3.93. The highest BCUT2D eigenvalue weighted by atomic mass is 16.4. The van der Waals surface area contributed by atoms with E-state index in [4.69, 9.17) is 10.8 Å². The molecule has 0 radical (unpaired) electrons. The molecule has 1 aliphatic carbocycles. The first-order valence-electron chi connectivity index (χ1n) is 6.56. The molecule has 3 heteroatoms. The first-order valence-corrected chi connectivity index (χ1v) is 6.56. The summed E-state index contributed by atoms with van der Waals surface area (Å²) in [5, 5.41) is 8.87. The van der Waals surface area contributed by atoms with Crippen molar-refractivity contribution in [3.8, 4) is 0 Å². The highest BCUT2D eigenvalue weighted by molar-refractivity contribution is 5.70. The summed E-state index contributed by atoms with van der Waals surface area (Å²) in [6.07, 6.45) is 8.55. The fourth-order valence-electron chi connectivity index (χ4n) is 2.27. The van der Waals surface area contributed by atoms with Gasteiger partial charge >= 0.3 is 5.97 Å². The van der Waals surface area contributed by atoms with Crippen LogP contribution in [-0.2, 0) is 4.79 Å². The van der Waals surface area contributed by atoms with E-state index in [-0.39, 0.29) is 12.5 Å². The zero-order valence-corrected chi connectivity index (χ0v) is 10.3. The summed E-state index contributed by atoms with van der Waals surface area (Å²) in [4.78, 5) is 10.8. The van der Waals surface area contributed by atoms with Crippen LogP contribution in [0.25, 0.3) is 0 Å². The fourth-order valence-corrected chi connectivity index (χ4v) is 2.27. The maximum absolute atomic E-state index is 10.8. The molecule has 0 aromatic carbocycles. The summed E-state index contributed by atoms with van der Waals surface area (Å²) in [6, 6.07) is 0. The van der Waals surface area contributed by atoms with Gasteiger partial charge in [0, 0.05) is 6.54 Å². The number of hydrogen-bond donors (Lipinski definition) is 2. The Morgan fingerprint density at radius 1 is 1.38 bits per heavy atom. The first-order chi connectivity index (χ1) is 7.63. The molecule has 1 saturated carbocycles. The third-order valence-electron chi connectivity index (χ3n) is 3.93. The Morgan fingerprint density at radius 2 is 2.06 bits per heavy atom. The minimum absolute atomic E-state index is 0.269. The zero-order valence-electron chi connectivity index (χ0n) is 10.3. The Hall–Kier alpha value is -0.570. The number of rotatable bonds is 8. The average Bonchev–Trinajstić information content (AvgIpc) is 2.15. The molecule has 0 aliphatic heterocycles. The predicted octanol–water partition coefficient (Wildman–Crippen LogP) is 2.64. The maximum atomic E-state index is 10.8. The normalized spacial score (nSPS) is 20.1. The summed E-state index contributed by atoms with van der Waals surface area (Å²) >= 11 is 0. The molecule has 2 atom stereocenters. The number of aliphatic carboxylic acids is 1. The van der Waals surface area contributed by atoms with Gasteiger partial charge in [0.05, 0.1) is 5.92 Å². The Morgan fingerprint density at radius 3 is 2.50 bits per heavy atom. The molecule has 0 bridgehead atoms. The van der Waals surface area contributed by atoms with Crippen LogP contribution in [0, 0.1) is 17.8 Å². The molecule has 1 fully saturated rings. The van der Waals surface area contributed by atoms with Gasteiger partial charge in [-0.05, 0) is 24.7 Å². The van der Waals surface area contributed by atoms with Crippen molar-refractivity contribution >= 4 is 5.97 Å². The summed E-state index contributed by atoms with van der Waals surface area (Å²) in [6.45, 7) is 2.50. The predicted molar refractivity (Wildman–Crippen MR) is 65.2 cm³/mol. The molecular weight excluding hydrogens is 202 g/mol. The molecule has 3 nitrogen and oxygen atoms in total. The van der Waals surface area contributed by atoms with E-state index < -0.39 is 5.97 Å². The Balaban J connectivity index is 2.07. The Labute approximate surface area is 98.4 Å². The van der Waals surface area contributed by atoms with Crippen LogP contribution in [0.3, 0.4) is 0 Å². The summed E-state index contributed by atoms with van der Waals surface area (Å²) in [5.41, 5.74) is 5.43. The third kappa shape index (κ3) is 4.52. The number of hydrogen-bond acceptors (Lipinski definition) is 2. The summed E-state index contributed by atoms with van der Waals surface area (Å²) in [5.74, 6) is 0.529. The van der Waals surface area contributed by atoms with Crippen molar-refractivity contribution in [3.05, 3.63) is 0 Å². The minimum Gasteiger partial charge on any atom is -0.481 e. The minimum atomic E-state index is -0.742. The molecule has 94 valence electrons. The molecule has 3 N–H and O–H groups in total. The lowest BCUT2D eigenvalue weighted by Gasteiger charge is -2.26. The van der Waals surface area contributed by atoms with Gasteiger partial charge in [0.15, 0.2) is 0 Å². The summed E-state index contributed by atoms with van der Waals surface area (Å²) < 4.78 is 0. The molecular formula is C13H25NO2. The van der Waals surface area contributed by atoms with Crippen LogP contribution < -0.4 is 5.73 Å². The van der Waals surface area contributed by atoms with Crippen molar-refractivity contribution in [1.82, 2.24) is 0 Å². The maximum Gasteiger partial charge on any atom is 0.307 e. The number of carboxylic acids is 1. The zero-order chi connectivity index (χ0) is 12.0. The molecule has 0 saturated heterocycles. The second kappa shape index (κ2) is 6.89. The van der Waals surface area contributed by atoms with Gasteiger partial charge in [-0.1, -0.05) is 39.0 Å². The Bertz CT molecular complexity index is 214. The highest BCUT2D eigenvalue weighted by Gasteiger charge is 2.19. The highest BCUT2D eigenvalue weighted by Crippen LogP contribution is 2.32. The van der Waals surface area contributed by atoms with Crippen LogP contribution >= 0.6 is 0 Å². The van der Waals surface area contributed by atoms with E-state index in [0.717, 1.165) is 18.8 Å². The van der Waals surface area contributed by atoms with E-state index in [1.54, 1.807) is 0 Å². The van der Waals surface area contributed by atoms with Gasteiger partial charge in [-0.25, -0.2) is 0 Å². The number of nitrogens with two attached hydrogens (primary N) is 1. The van der Waals surface area contributed by atoms with Crippen molar-refractivity contribution in [1.29, 1.82) is 0 Å². The lowest BCUT2D eigenvalue weighted by atomic mass is 9.80. The first kappa shape index (κ1) is 13.5. The van der Waals surface area contributed by atoms with E-state index in [1.165, 1.54) is 32.1 Å². The van der Waals surface area contributed by atoms with E-state index in [2.05, 4.69) is 6.92 Å². The fraction of sp³-hybridized carbons (Fsp3) is 0.923. The van der Waals surface area contributed by atoms with Crippen molar-refractivity contribution in [2.24, 2.45) is 23.5 Å². The van der Waals surface area contributed by atoms with Crippen molar-refractivity contribution in [2.75, 3.05) is 6.54 Å². The molecule has 1 rings (SSSR count). The van der Waals surface area contributed by atoms with Crippen LogP contribution in [-0.4, -0.2) is 17.6 Å². The molecule has 16 heavy (non-hydrogen) atoms. The molecule has 0 unspecified atom stereocenters. The van der Waals surface area contributed by atoms with E-state index in [9.17, 15) is 4.79 Å². The van der Waals surface area contributed by atoms with Gasteiger partial charge in [-0.2, -0.15) is 0 Å². The van der Waals surface area contributed by atoms with E-state index in [0.29, 0.717) is 5.92 Å². The van der Waals surface area contributed by atoms with E-state index in [1.807, 2.05) is 0 Å². The quantitative estimate of drug-likeness (QED) is 0.670. The Kier molecular flexibility index (Phi) is 5.81. The van der Waals surface area contributed by atoms with Crippen LogP contribution in [0.15, 0.2) is 0 Å². The topological polar surface area (TPSA) is 63.3 Å². The second-order valence-electron chi connectivity index (χ2n) is 5.33. The molecule has 0 amide bonds. The van der Waals surface area contributed by atoms with Crippen molar-refractivity contribution in [3.63, 3.8) is 0 Å². The SMILES string of the molecule is C[C@H](CCC1CCC1)CC[C@H](CN)C(=O)O. The largest absolute Gasteiger partial charge is 0.481 e. The van der Waals surface area contributed by atoms with Crippen LogP contribution in [0.4, 0.5) is 0 Å². The van der Waals surface area contributed by atoms with E-state index >= 15 is 0 Å². The van der Waals surface area contributed by atoms with Crippen LogP contribution in [0.1, 0.15) is 51.9 Å². The van der Waals surface area contributed by atoms with Crippen molar-refractivity contribution in [2.45, 2.75) is 51.9 Å². The number of carboxylic acid groups (broad SMARTS) is 1. The van der Waals surface area contributed by atoms with Gasteiger partial charge < -0.3 is 10.8 Å². The molecule has 0 spiro atoms. The summed E-state index contributed by atoms with van der Waals surface area (Å²) in [7, 11) is 0. The monoisotopic (exact) mass is 227 g/mol. The van der Waals surface area contributed by atoms with Gasteiger partial charge in [0.1, 0.15) is 0 Å². The van der Waals surface area contributed by atoms with Gasteiger partial charge in [0.25, 0.3) is 0 Å². The lowest BCUT2D eigenvalue weighted by Crippen LogP contribution is -2.23. The standard InChI is InChI=1S/C13H25NO2/c1-10(5-7-11-3-2-4-11)6-8-12(9-14)13(15)16/h10-12H,2-9,14H2,1H3,(H,15,16)/t10-,12-/m1/s1. The second-order valence-corrected chi connectivity index (χ2v) is 5.33. The lowest BCUT2D eigenvalue weighted by molar-refractivity contribution is -0.141. The van der Waals surface area contributed by atoms with Gasteiger partial charge in [-0.15, -0.1) is 0 Å². The number of carbonyl (C=O) groups is 1. The molecule has 0 aromatic rings.